The Morgan fingerprint density at radius 2 is 2.00 bits per heavy atom. The minimum atomic E-state index is 0.675. The molecule has 0 aromatic heterocycles. The Bertz CT molecular complexity index is 391. The van der Waals surface area contributed by atoms with Gasteiger partial charge < -0.3 is 10.2 Å². The lowest BCUT2D eigenvalue weighted by Crippen LogP contribution is -2.24. The van der Waals surface area contributed by atoms with Crippen LogP contribution < -0.4 is 10.2 Å². The maximum Gasteiger partial charge on any atom is 0.0642 e. The number of hydrogen-bond donors (Lipinski definition) is 1. The molecule has 114 valence electrons. The van der Waals surface area contributed by atoms with Gasteiger partial charge in [-0.3, -0.25) is 0 Å². The second kappa shape index (κ2) is 9.25. The van der Waals surface area contributed by atoms with Gasteiger partial charge in [-0.05, 0) is 43.5 Å². The van der Waals surface area contributed by atoms with Crippen molar-refractivity contribution in [2.24, 2.45) is 5.92 Å². The number of hydrogen-bond acceptors (Lipinski definition) is 2. The zero-order valence-corrected chi connectivity index (χ0v) is 14.1. The molecule has 20 heavy (non-hydrogen) atoms. The Kier molecular flexibility index (Phi) is 8.01. The molecule has 0 atom stereocenters. The molecule has 0 bridgehead atoms. The van der Waals surface area contributed by atoms with Gasteiger partial charge in [0.25, 0.3) is 0 Å². The van der Waals surface area contributed by atoms with Crippen molar-refractivity contribution in [3.63, 3.8) is 0 Å². The average molecular weight is 297 g/mol. The van der Waals surface area contributed by atoms with Crippen molar-refractivity contribution < 1.29 is 0 Å². The highest BCUT2D eigenvalue weighted by atomic mass is 35.5. The first-order valence-corrected chi connectivity index (χ1v) is 8.20. The normalized spacial score (nSPS) is 11.1. The highest BCUT2D eigenvalue weighted by Crippen LogP contribution is 2.27. The minimum Gasteiger partial charge on any atom is -0.371 e. The number of rotatable bonds is 9. The molecule has 0 aliphatic heterocycles. The smallest absolute Gasteiger partial charge is 0.0642 e. The van der Waals surface area contributed by atoms with Crippen LogP contribution in [0, 0.1) is 5.92 Å². The van der Waals surface area contributed by atoms with E-state index < -0.39 is 0 Å². The molecular weight excluding hydrogens is 268 g/mol. The summed E-state index contributed by atoms with van der Waals surface area (Å²) < 4.78 is 0. The molecule has 3 heteroatoms. The molecule has 2 nitrogen and oxygen atoms in total. The van der Waals surface area contributed by atoms with Crippen LogP contribution in [0.4, 0.5) is 5.69 Å². The standard InChI is InChI=1S/C17H29ClN2/c1-5-7-10-20(6-2)17-9-8-15(11-16(17)18)13-19-12-14(3)4/h8-9,11,14,19H,5-7,10,12-13H2,1-4H3. The third-order valence-electron chi connectivity index (χ3n) is 3.40. The topological polar surface area (TPSA) is 15.3 Å². The van der Waals surface area contributed by atoms with Crippen LogP contribution in [0.15, 0.2) is 18.2 Å². The molecule has 1 aromatic carbocycles. The van der Waals surface area contributed by atoms with Crippen molar-refractivity contribution in [1.82, 2.24) is 5.32 Å². The van der Waals surface area contributed by atoms with Crippen molar-refractivity contribution in [3.8, 4) is 0 Å². The van der Waals surface area contributed by atoms with E-state index in [-0.39, 0.29) is 0 Å². The van der Waals surface area contributed by atoms with Crippen LogP contribution in [0.25, 0.3) is 0 Å². The summed E-state index contributed by atoms with van der Waals surface area (Å²) in [6.45, 7) is 12.9. The van der Waals surface area contributed by atoms with E-state index in [0.717, 1.165) is 36.9 Å². The third kappa shape index (κ3) is 5.72. The third-order valence-corrected chi connectivity index (χ3v) is 3.70. The monoisotopic (exact) mass is 296 g/mol. The Balaban J connectivity index is 2.66. The zero-order chi connectivity index (χ0) is 15.0. The Hall–Kier alpha value is -0.730. The van der Waals surface area contributed by atoms with Gasteiger partial charge in [0.1, 0.15) is 0 Å². The molecule has 0 saturated heterocycles. The highest BCUT2D eigenvalue weighted by Gasteiger charge is 2.09. The van der Waals surface area contributed by atoms with E-state index in [1.807, 2.05) is 0 Å². The first-order valence-electron chi connectivity index (χ1n) is 7.82. The molecule has 1 aromatic rings. The first-order chi connectivity index (χ1) is 9.58. The van der Waals surface area contributed by atoms with E-state index in [4.69, 9.17) is 11.6 Å². The average Bonchev–Trinajstić information content (AvgIpc) is 2.41. The Labute approximate surface area is 129 Å². The van der Waals surface area contributed by atoms with Gasteiger partial charge in [0.15, 0.2) is 0 Å². The summed E-state index contributed by atoms with van der Waals surface area (Å²) in [5.74, 6) is 0.675. The van der Waals surface area contributed by atoms with Crippen LogP contribution in [-0.4, -0.2) is 19.6 Å². The molecule has 0 unspecified atom stereocenters. The summed E-state index contributed by atoms with van der Waals surface area (Å²) in [7, 11) is 0. The van der Waals surface area contributed by atoms with Gasteiger partial charge in [-0.1, -0.05) is 44.9 Å². The molecule has 0 heterocycles. The SMILES string of the molecule is CCCCN(CC)c1ccc(CNCC(C)C)cc1Cl. The predicted molar refractivity (Wildman–Crippen MR) is 90.8 cm³/mol. The summed E-state index contributed by atoms with van der Waals surface area (Å²) in [6, 6.07) is 6.44. The van der Waals surface area contributed by atoms with Crippen LogP contribution >= 0.6 is 11.6 Å². The number of nitrogens with zero attached hydrogens (tertiary/aromatic N) is 1. The maximum absolute atomic E-state index is 6.45. The molecule has 0 fully saturated rings. The maximum atomic E-state index is 6.45. The predicted octanol–water partition coefficient (Wildman–Crippen LogP) is 4.71. The fraction of sp³-hybridized carbons (Fsp3) is 0.647. The summed E-state index contributed by atoms with van der Waals surface area (Å²) in [4.78, 5) is 2.36. The summed E-state index contributed by atoms with van der Waals surface area (Å²) in [5.41, 5.74) is 2.42. The summed E-state index contributed by atoms with van der Waals surface area (Å²) in [6.07, 6.45) is 2.42. The van der Waals surface area contributed by atoms with Crippen LogP contribution in [0.5, 0.6) is 0 Å². The second-order valence-corrected chi connectivity index (χ2v) is 6.15. The second-order valence-electron chi connectivity index (χ2n) is 5.74. The van der Waals surface area contributed by atoms with Gasteiger partial charge >= 0.3 is 0 Å². The van der Waals surface area contributed by atoms with Crippen molar-refractivity contribution in [2.45, 2.75) is 47.1 Å². The molecular formula is C17H29ClN2. The fourth-order valence-electron chi connectivity index (χ4n) is 2.22. The molecule has 0 spiro atoms. The number of halogens is 1. The molecule has 0 radical (unpaired) electrons. The highest BCUT2D eigenvalue weighted by molar-refractivity contribution is 6.33. The number of nitrogens with one attached hydrogen (secondary N) is 1. The van der Waals surface area contributed by atoms with Crippen LogP contribution in [0.1, 0.15) is 46.1 Å². The lowest BCUT2D eigenvalue weighted by atomic mass is 10.1. The van der Waals surface area contributed by atoms with Gasteiger partial charge in [-0.25, -0.2) is 0 Å². The molecule has 1 rings (SSSR count). The Morgan fingerprint density at radius 1 is 1.25 bits per heavy atom. The lowest BCUT2D eigenvalue weighted by Gasteiger charge is -2.24. The minimum absolute atomic E-state index is 0.675. The van der Waals surface area contributed by atoms with Gasteiger partial charge in [0, 0.05) is 19.6 Å². The van der Waals surface area contributed by atoms with Crippen LogP contribution in [0.3, 0.4) is 0 Å². The molecule has 0 amide bonds. The molecule has 0 saturated carbocycles. The van der Waals surface area contributed by atoms with Crippen molar-refractivity contribution in [1.29, 1.82) is 0 Å². The fourth-order valence-corrected chi connectivity index (χ4v) is 2.54. The van der Waals surface area contributed by atoms with E-state index >= 15 is 0 Å². The number of unbranched alkanes of at least 4 members (excludes halogenated alkanes) is 1. The van der Waals surface area contributed by atoms with Gasteiger partial charge in [0.05, 0.1) is 10.7 Å². The quantitative estimate of drug-likeness (QED) is 0.710. The van der Waals surface area contributed by atoms with E-state index in [1.165, 1.54) is 18.4 Å². The first kappa shape index (κ1) is 17.3. The molecule has 0 aliphatic carbocycles. The van der Waals surface area contributed by atoms with Crippen molar-refractivity contribution >= 4 is 17.3 Å². The zero-order valence-electron chi connectivity index (χ0n) is 13.4. The van der Waals surface area contributed by atoms with Crippen LogP contribution in [0.2, 0.25) is 5.02 Å². The Morgan fingerprint density at radius 3 is 2.55 bits per heavy atom. The van der Waals surface area contributed by atoms with Gasteiger partial charge in [-0.2, -0.15) is 0 Å². The van der Waals surface area contributed by atoms with Gasteiger partial charge in [0.2, 0.25) is 0 Å². The van der Waals surface area contributed by atoms with Crippen LogP contribution in [-0.2, 0) is 6.54 Å². The lowest BCUT2D eigenvalue weighted by molar-refractivity contribution is 0.552. The number of anilines is 1. The van der Waals surface area contributed by atoms with Crippen molar-refractivity contribution in [2.75, 3.05) is 24.5 Å². The van der Waals surface area contributed by atoms with E-state index in [9.17, 15) is 0 Å². The van der Waals surface area contributed by atoms with E-state index in [2.05, 4.69) is 56.1 Å². The van der Waals surface area contributed by atoms with E-state index in [1.54, 1.807) is 0 Å². The van der Waals surface area contributed by atoms with Crippen molar-refractivity contribution in [3.05, 3.63) is 28.8 Å². The largest absolute Gasteiger partial charge is 0.371 e. The molecule has 1 N–H and O–H groups in total. The number of benzene rings is 1. The van der Waals surface area contributed by atoms with E-state index in [0.29, 0.717) is 5.92 Å². The summed E-state index contributed by atoms with van der Waals surface area (Å²) in [5, 5.41) is 4.32. The van der Waals surface area contributed by atoms with Gasteiger partial charge in [-0.15, -0.1) is 0 Å². The molecule has 0 aliphatic rings. The summed E-state index contributed by atoms with van der Waals surface area (Å²) >= 11 is 6.45.